The molecule has 0 spiro atoms. The first kappa shape index (κ1) is 12.8. The van der Waals surface area contributed by atoms with E-state index >= 15 is 0 Å². The highest BCUT2D eigenvalue weighted by Crippen LogP contribution is 2.29. The lowest BCUT2D eigenvalue weighted by Gasteiger charge is -2.22. The van der Waals surface area contributed by atoms with Crippen LogP contribution >= 0.6 is 0 Å². The van der Waals surface area contributed by atoms with Crippen molar-refractivity contribution in [3.05, 3.63) is 29.8 Å². The second-order valence-electron chi connectivity index (χ2n) is 4.48. The fourth-order valence-electron chi connectivity index (χ4n) is 1.40. The average molecular weight is 235 g/mol. The summed E-state index contributed by atoms with van der Waals surface area (Å²) in [7, 11) is -0.139. The lowest BCUT2D eigenvalue weighted by atomic mass is 10.1. The van der Waals surface area contributed by atoms with Crippen molar-refractivity contribution in [2.24, 2.45) is 0 Å². The highest BCUT2D eigenvalue weighted by molar-refractivity contribution is 6.69. The maximum atomic E-state index is 9.15. The van der Waals surface area contributed by atoms with Gasteiger partial charge in [-0.2, -0.15) is 5.26 Å². The molecule has 0 aliphatic carbocycles. The molecule has 4 heteroatoms. The molecule has 1 aromatic rings. The Kier molecular flexibility index (Phi) is 4.10. The lowest BCUT2D eigenvalue weighted by molar-refractivity contribution is 0.248. The van der Waals surface area contributed by atoms with Crippen molar-refractivity contribution in [2.75, 3.05) is 7.11 Å². The molecule has 0 saturated heterocycles. The Balaban J connectivity index is 3.01. The minimum atomic E-state index is -1.74. The Morgan fingerprint density at radius 2 is 1.88 bits per heavy atom. The molecule has 1 atom stereocenters. The maximum Gasteiger partial charge on any atom is 0.186 e. The highest BCUT2D eigenvalue weighted by atomic mass is 28.4. The zero-order valence-corrected chi connectivity index (χ0v) is 11.2. The van der Waals surface area contributed by atoms with Gasteiger partial charge in [-0.05, 0) is 25.7 Å². The number of benzene rings is 1. The molecule has 0 radical (unpaired) electrons. The molecule has 86 valence electrons. The highest BCUT2D eigenvalue weighted by Gasteiger charge is 2.24. The Hall–Kier alpha value is -1.31. The number of hydrogen-bond acceptors (Lipinski definition) is 3. The van der Waals surface area contributed by atoms with Gasteiger partial charge < -0.3 is 9.16 Å². The summed E-state index contributed by atoms with van der Waals surface area (Å²) >= 11 is 0. The van der Waals surface area contributed by atoms with Gasteiger partial charge in [0.1, 0.15) is 5.75 Å². The van der Waals surface area contributed by atoms with Gasteiger partial charge in [0.25, 0.3) is 0 Å². The van der Waals surface area contributed by atoms with Crippen molar-refractivity contribution >= 4 is 8.32 Å². The zero-order valence-electron chi connectivity index (χ0n) is 10.2. The SMILES string of the molecule is COc1ccccc1[C@H](C#N)O[Si](C)(C)C. The van der Waals surface area contributed by atoms with Crippen LogP contribution in [0.2, 0.25) is 19.6 Å². The molecule has 1 rings (SSSR count). The summed E-state index contributed by atoms with van der Waals surface area (Å²) in [4.78, 5) is 0. The van der Waals surface area contributed by atoms with Crippen LogP contribution in [0, 0.1) is 11.3 Å². The van der Waals surface area contributed by atoms with Gasteiger partial charge in [-0.3, -0.25) is 0 Å². The summed E-state index contributed by atoms with van der Waals surface area (Å²) in [6, 6.07) is 9.66. The van der Waals surface area contributed by atoms with Crippen LogP contribution in [0.4, 0.5) is 0 Å². The van der Waals surface area contributed by atoms with E-state index in [2.05, 4.69) is 25.7 Å². The summed E-state index contributed by atoms with van der Waals surface area (Å²) in [5.41, 5.74) is 0.801. The van der Waals surface area contributed by atoms with Crippen molar-refractivity contribution in [1.29, 1.82) is 5.26 Å². The molecule has 0 bridgehead atoms. The second-order valence-corrected chi connectivity index (χ2v) is 8.94. The van der Waals surface area contributed by atoms with Gasteiger partial charge in [0.15, 0.2) is 14.4 Å². The van der Waals surface area contributed by atoms with Gasteiger partial charge in [-0.15, -0.1) is 0 Å². The molecule has 1 aromatic carbocycles. The molecule has 0 aliphatic rings. The summed E-state index contributed by atoms with van der Waals surface area (Å²) in [5.74, 6) is 0.701. The van der Waals surface area contributed by atoms with E-state index in [0.29, 0.717) is 5.75 Å². The fourth-order valence-corrected chi connectivity index (χ4v) is 2.28. The quantitative estimate of drug-likeness (QED) is 0.753. The first-order valence-electron chi connectivity index (χ1n) is 5.18. The number of nitriles is 1. The van der Waals surface area contributed by atoms with Crippen molar-refractivity contribution in [3.63, 3.8) is 0 Å². The minimum absolute atomic E-state index is 0.539. The monoisotopic (exact) mass is 235 g/mol. The van der Waals surface area contributed by atoms with Crippen molar-refractivity contribution < 1.29 is 9.16 Å². The summed E-state index contributed by atoms with van der Waals surface area (Å²) in [6.07, 6.45) is -0.539. The van der Waals surface area contributed by atoms with Crippen LogP contribution in [0.25, 0.3) is 0 Å². The van der Waals surface area contributed by atoms with E-state index in [1.807, 2.05) is 24.3 Å². The predicted octanol–water partition coefficient (Wildman–Crippen LogP) is 3.11. The minimum Gasteiger partial charge on any atom is -0.496 e. The summed E-state index contributed by atoms with van der Waals surface area (Å²) < 4.78 is 11.0. The smallest absolute Gasteiger partial charge is 0.186 e. The number of nitrogens with zero attached hydrogens (tertiary/aromatic N) is 1. The zero-order chi connectivity index (χ0) is 12.2. The van der Waals surface area contributed by atoms with E-state index in [0.717, 1.165) is 5.56 Å². The Labute approximate surface area is 97.7 Å². The van der Waals surface area contributed by atoms with Crippen LogP contribution in [0.15, 0.2) is 24.3 Å². The van der Waals surface area contributed by atoms with Crippen molar-refractivity contribution in [2.45, 2.75) is 25.7 Å². The molecular weight excluding hydrogens is 218 g/mol. The van der Waals surface area contributed by atoms with Gasteiger partial charge in [0.05, 0.1) is 13.2 Å². The van der Waals surface area contributed by atoms with Crippen LogP contribution in [-0.4, -0.2) is 15.4 Å². The normalized spacial score (nSPS) is 12.9. The fraction of sp³-hybridized carbons (Fsp3) is 0.417. The molecule has 0 amide bonds. The van der Waals surface area contributed by atoms with E-state index in [1.165, 1.54) is 0 Å². The number of ether oxygens (including phenoxy) is 1. The van der Waals surface area contributed by atoms with Crippen molar-refractivity contribution in [1.82, 2.24) is 0 Å². The molecule has 0 unspecified atom stereocenters. The molecule has 3 nitrogen and oxygen atoms in total. The van der Waals surface area contributed by atoms with E-state index in [4.69, 9.17) is 14.4 Å². The molecule has 0 heterocycles. The second kappa shape index (κ2) is 5.15. The summed E-state index contributed by atoms with van der Waals surface area (Å²) in [6.45, 7) is 6.19. The molecular formula is C12H17NO2Si. The largest absolute Gasteiger partial charge is 0.496 e. The van der Waals surface area contributed by atoms with Crippen LogP contribution < -0.4 is 4.74 Å². The molecule has 0 aliphatic heterocycles. The predicted molar refractivity (Wildman–Crippen MR) is 65.8 cm³/mol. The van der Waals surface area contributed by atoms with Crippen molar-refractivity contribution in [3.8, 4) is 11.8 Å². The molecule has 16 heavy (non-hydrogen) atoms. The Morgan fingerprint density at radius 1 is 1.25 bits per heavy atom. The first-order chi connectivity index (χ1) is 7.48. The maximum absolute atomic E-state index is 9.15. The van der Waals surface area contributed by atoms with E-state index in [-0.39, 0.29) is 0 Å². The third kappa shape index (κ3) is 3.37. The first-order valence-corrected chi connectivity index (χ1v) is 8.59. The Bertz CT molecular complexity index is 393. The van der Waals surface area contributed by atoms with E-state index in [9.17, 15) is 0 Å². The molecule has 0 N–H and O–H groups in total. The van der Waals surface area contributed by atoms with Crippen LogP contribution in [0.1, 0.15) is 11.7 Å². The van der Waals surface area contributed by atoms with Gasteiger partial charge in [-0.1, -0.05) is 18.2 Å². The standard InChI is InChI=1S/C12H17NO2Si/c1-14-11-8-6-5-7-10(11)12(9-13)15-16(2,3)4/h5-8,12H,1-4H3/t12-/m0/s1. The molecule has 0 aromatic heterocycles. The third-order valence-corrected chi connectivity index (χ3v) is 2.95. The number of rotatable bonds is 4. The van der Waals surface area contributed by atoms with Crippen LogP contribution in [0.3, 0.4) is 0 Å². The van der Waals surface area contributed by atoms with Gasteiger partial charge in [0, 0.05) is 5.56 Å². The van der Waals surface area contributed by atoms with Crippen LogP contribution in [0.5, 0.6) is 5.75 Å². The molecule has 0 fully saturated rings. The van der Waals surface area contributed by atoms with Crippen LogP contribution in [-0.2, 0) is 4.43 Å². The average Bonchev–Trinajstić information content (AvgIpc) is 2.24. The van der Waals surface area contributed by atoms with Gasteiger partial charge in [0.2, 0.25) is 0 Å². The van der Waals surface area contributed by atoms with E-state index in [1.54, 1.807) is 7.11 Å². The number of para-hydroxylation sites is 1. The summed E-state index contributed by atoms with van der Waals surface area (Å²) in [5, 5.41) is 9.15. The van der Waals surface area contributed by atoms with Gasteiger partial charge in [-0.25, -0.2) is 0 Å². The van der Waals surface area contributed by atoms with E-state index < -0.39 is 14.4 Å². The Morgan fingerprint density at radius 3 is 2.38 bits per heavy atom. The van der Waals surface area contributed by atoms with Gasteiger partial charge >= 0.3 is 0 Å². The third-order valence-electron chi connectivity index (χ3n) is 2.01. The topological polar surface area (TPSA) is 42.2 Å². The molecule has 0 saturated carbocycles. The number of hydrogen-bond donors (Lipinski definition) is 0. The number of methoxy groups -OCH3 is 1. The lowest BCUT2D eigenvalue weighted by Crippen LogP contribution is -2.27.